The molecular formula is C15H25N3O2. The Bertz CT molecular complexity index is 425. The van der Waals surface area contributed by atoms with Crippen molar-refractivity contribution in [3.63, 3.8) is 0 Å². The van der Waals surface area contributed by atoms with Gasteiger partial charge in [-0.25, -0.2) is 0 Å². The minimum Gasteiger partial charge on any atom is -0.383 e. The molecule has 0 saturated carbocycles. The molecule has 1 N–H and O–H groups in total. The summed E-state index contributed by atoms with van der Waals surface area (Å²) in [5, 5.41) is 3.45. The highest BCUT2D eigenvalue weighted by atomic mass is 16.5. The molecule has 0 bridgehead atoms. The average Bonchev–Trinajstić information content (AvgIpc) is 3.12. The summed E-state index contributed by atoms with van der Waals surface area (Å²) in [6.07, 6.45) is 4.31. The van der Waals surface area contributed by atoms with E-state index in [1.54, 1.807) is 7.11 Å². The molecule has 112 valence electrons. The van der Waals surface area contributed by atoms with Gasteiger partial charge in [0, 0.05) is 39.0 Å². The molecule has 1 aromatic rings. The second-order valence-electron chi connectivity index (χ2n) is 5.22. The van der Waals surface area contributed by atoms with Gasteiger partial charge in [-0.15, -0.1) is 0 Å². The predicted octanol–water partition coefficient (Wildman–Crippen LogP) is 1.35. The molecule has 1 unspecified atom stereocenters. The summed E-state index contributed by atoms with van der Waals surface area (Å²) in [6, 6.07) is 4.26. The monoisotopic (exact) mass is 279 g/mol. The molecule has 1 fully saturated rings. The van der Waals surface area contributed by atoms with Gasteiger partial charge >= 0.3 is 0 Å². The normalized spacial score (nSPS) is 18.4. The fraction of sp³-hybridized carbons (Fsp3) is 0.667. The maximum absolute atomic E-state index is 12.6. The van der Waals surface area contributed by atoms with Crippen LogP contribution in [0.3, 0.4) is 0 Å². The van der Waals surface area contributed by atoms with Gasteiger partial charge in [0.15, 0.2) is 0 Å². The smallest absolute Gasteiger partial charge is 0.270 e. The zero-order valence-electron chi connectivity index (χ0n) is 12.5. The van der Waals surface area contributed by atoms with Crippen LogP contribution in [0.1, 0.15) is 30.3 Å². The quantitative estimate of drug-likeness (QED) is 0.819. The first kappa shape index (κ1) is 15.1. The van der Waals surface area contributed by atoms with Crippen molar-refractivity contribution in [2.24, 2.45) is 0 Å². The van der Waals surface area contributed by atoms with E-state index in [1.807, 2.05) is 34.7 Å². The summed E-state index contributed by atoms with van der Waals surface area (Å²) in [6.45, 7) is 5.97. The molecule has 2 rings (SSSR count). The first-order valence-corrected chi connectivity index (χ1v) is 7.43. The molecule has 5 nitrogen and oxygen atoms in total. The van der Waals surface area contributed by atoms with Crippen molar-refractivity contribution >= 4 is 5.91 Å². The van der Waals surface area contributed by atoms with Crippen molar-refractivity contribution in [1.29, 1.82) is 0 Å². The lowest BCUT2D eigenvalue weighted by Gasteiger charge is -2.25. The van der Waals surface area contributed by atoms with Crippen LogP contribution in [0.25, 0.3) is 0 Å². The molecule has 20 heavy (non-hydrogen) atoms. The lowest BCUT2D eigenvalue weighted by Crippen LogP contribution is -2.41. The van der Waals surface area contributed by atoms with Crippen LogP contribution in [0.15, 0.2) is 18.3 Å². The summed E-state index contributed by atoms with van der Waals surface area (Å²) in [5.74, 6) is 0.113. The van der Waals surface area contributed by atoms with E-state index in [9.17, 15) is 4.79 Å². The van der Waals surface area contributed by atoms with Crippen molar-refractivity contribution in [3.8, 4) is 0 Å². The number of nitrogens with zero attached hydrogens (tertiary/aromatic N) is 2. The summed E-state index contributed by atoms with van der Waals surface area (Å²) in [5.41, 5.74) is 0.752. The Morgan fingerprint density at radius 2 is 2.45 bits per heavy atom. The van der Waals surface area contributed by atoms with Crippen LogP contribution in [0.4, 0.5) is 0 Å². The van der Waals surface area contributed by atoms with Crippen LogP contribution < -0.4 is 5.32 Å². The number of amides is 1. The van der Waals surface area contributed by atoms with E-state index in [0.717, 1.165) is 31.7 Å². The molecule has 0 radical (unpaired) electrons. The highest BCUT2D eigenvalue weighted by Gasteiger charge is 2.22. The van der Waals surface area contributed by atoms with E-state index < -0.39 is 0 Å². The van der Waals surface area contributed by atoms with Gasteiger partial charge in [-0.1, -0.05) is 0 Å². The molecular weight excluding hydrogens is 254 g/mol. The van der Waals surface area contributed by atoms with E-state index in [-0.39, 0.29) is 5.91 Å². The van der Waals surface area contributed by atoms with E-state index in [4.69, 9.17) is 4.74 Å². The SMILES string of the molecule is CCN(CC1CCCN1)C(=O)c1cccn1CCOC. The van der Waals surface area contributed by atoms with Crippen LogP contribution in [-0.4, -0.2) is 54.8 Å². The number of nitrogens with one attached hydrogen (secondary N) is 1. The Balaban J connectivity index is 2.01. The van der Waals surface area contributed by atoms with Gasteiger partial charge in [0.25, 0.3) is 5.91 Å². The highest BCUT2D eigenvalue weighted by Crippen LogP contribution is 2.11. The van der Waals surface area contributed by atoms with Crippen LogP contribution >= 0.6 is 0 Å². The Kier molecular flexibility index (Phi) is 5.61. The standard InChI is InChI=1S/C15H25N3O2/c1-3-17(12-13-6-4-8-16-13)15(19)14-7-5-9-18(14)10-11-20-2/h5,7,9,13,16H,3-4,6,8,10-12H2,1-2H3. The molecule has 2 heterocycles. The fourth-order valence-corrected chi connectivity index (χ4v) is 2.69. The summed E-state index contributed by atoms with van der Waals surface area (Å²) >= 11 is 0. The lowest BCUT2D eigenvalue weighted by molar-refractivity contribution is 0.0738. The third kappa shape index (κ3) is 3.61. The van der Waals surface area contributed by atoms with Gasteiger partial charge in [-0.05, 0) is 38.4 Å². The number of rotatable bonds is 7. The number of likely N-dealkylation sites (N-methyl/N-ethyl adjacent to an activating group) is 1. The Morgan fingerprint density at radius 3 is 3.10 bits per heavy atom. The first-order valence-electron chi connectivity index (χ1n) is 7.43. The van der Waals surface area contributed by atoms with Gasteiger partial charge < -0.3 is 19.5 Å². The van der Waals surface area contributed by atoms with Crippen molar-refractivity contribution in [3.05, 3.63) is 24.0 Å². The van der Waals surface area contributed by atoms with E-state index in [2.05, 4.69) is 5.32 Å². The van der Waals surface area contributed by atoms with E-state index in [1.165, 1.54) is 6.42 Å². The second-order valence-corrected chi connectivity index (χ2v) is 5.22. The molecule has 0 aliphatic carbocycles. The molecule has 1 aromatic heterocycles. The molecule has 5 heteroatoms. The van der Waals surface area contributed by atoms with Gasteiger partial charge in [0.2, 0.25) is 0 Å². The third-order valence-corrected chi connectivity index (χ3v) is 3.86. The summed E-state index contributed by atoms with van der Waals surface area (Å²) in [4.78, 5) is 14.6. The third-order valence-electron chi connectivity index (χ3n) is 3.86. The average molecular weight is 279 g/mol. The lowest BCUT2D eigenvalue weighted by atomic mass is 10.2. The number of hydrogen-bond donors (Lipinski definition) is 1. The number of hydrogen-bond acceptors (Lipinski definition) is 3. The Hall–Kier alpha value is -1.33. The number of carbonyl (C=O) groups excluding carboxylic acids is 1. The number of methoxy groups -OCH3 is 1. The minimum absolute atomic E-state index is 0.113. The second kappa shape index (κ2) is 7.45. The maximum Gasteiger partial charge on any atom is 0.270 e. The summed E-state index contributed by atoms with van der Waals surface area (Å²) in [7, 11) is 1.68. The highest BCUT2D eigenvalue weighted by molar-refractivity contribution is 5.92. The first-order chi connectivity index (χ1) is 9.76. The van der Waals surface area contributed by atoms with Gasteiger partial charge in [-0.2, -0.15) is 0 Å². The van der Waals surface area contributed by atoms with Crippen molar-refractivity contribution in [2.45, 2.75) is 32.4 Å². The number of carbonyl (C=O) groups is 1. The predicted molar refractivity (Wildman–Crippen MR) is 78.9 cm³/mol. The maximum atomic E-state index is 12.6. The van der Waals surface area contributed by atoms with E-state index in [0.29, 0.717) is 19.2 Å². The Morgan fingerprint density at radius 1 is 1.60 bits per heavy atom. The van der Waals surface area contributed by atoms with Crippen LogP contribution in [0.5, 0.6) is 0 Å². The zero-order chi connectivity index (χ0) is 14.4. The molecule has 1 saturated heterocycles. The van der Waals surface area contributed by atoms with Crippen LogP contribution in [0.2, 0.25) is 0 Å². The molecule has 1 aliphatic rings. The number of ether oxygens (including phenoxy) is 1. The van der Waals surface area contributed by atoms with Gasteiger partial charge in [-0.3, -0.25) is 4.79 Å². The van der Waals surface area contributed by atoms with Crippen molar-refractivity contribution in [2.75, 3.05) is 33.4 Å². The van der Waals surface area contributed by atoms with Crippen molar-refractivity contribution < 1.29 is 9.53 Å². The molecule has 0 spiro atoms. The Labute approximate surface area is 120 Å². The molecule has 0 aromatic carbocycles. The molecule has 1 atom stereocenters. The number of aromatic nitrogens is 1. The van der Waals surface area contributed by atoms with Gasteiger partial charge in [0.05, 0.1) is 6.61 Å². The molecule has 1 amide bonds. The van der Waals surface area contributed by atoms with Crippen LogP contribution in [0, 0.1) is 0 Å². The minimum atomic E-state index is 0.113. The van der Waals surface area contributed by atoms with Gasteiger partial charge in [0.1, 0.15) is 5.69 Å². The fourth-order valence-electron chi connectivity index (χ4n) is 2.69. The van der Waals surface area contributed by atoms with Crippen molar-refractivity contribution in [1.82, 2.24) is 14.8 Å². The zero-order valence-corrected chi connectivity index (χ0v) is 12.5. The summed E-state index contributed by atoms with van der Waals surface area (Å²) < 4.78 is 7.06. The van der Waals surface area contributed by atoms with E-state index >= 15 is 0 Å². The molecule has 1 aliphatic heterocycles. The topological polar surface area (TPSA) is 46.5 Å². The van der Waals surface area contributed by atoms with Crippen LogP contribution in [-0.2, 0) is 11.3 Å². The largest absolute Gasteiger partial charge is 0.383 e.